The summed E-state index contributed by atoms with van der Waals surface area (Å²) in [5.74, 6) is 2.32. The number of carbonyl (C=O) groups is 1. The summed E-state index contributed by atoms with van der Waals surface area (Å²) in [4.78, 5) is 14.0. The van der Waals surface area contributed by atoms with Crippen molar-refractivity contribution in [3.05, 3.63) is 17.5 Å². The Hall–Kier alpha value is -0.970. The monoisotopic (exact) mass is 225 g/mol. The number of hydrogen-bond acceptors (Lipinski definition) is 3. The maximum atomic E-state index is 12.1. The predicted octanol–water partition coefficient (Wildman–Crippen LogP) is 1.30. The van der Waals surface area contributed by atoms with Gasteiger partial charge in [0.25, 0.3) is 5.91 Å². The highest BCUT2D eigenvalue weighted by molar-refractivity contribution is 7.99. The van der Waals surface area contributed by atoms with Crippen LogP contribution in [0.1, 0.15) is 22.5 Å². The van der Waals surface area contributed by atoms with Crippen molar-refractivity contribution in [1.82, 2.24) is 15.1 Å². The first-order chi connectivity index (χ1) is 7.29. The Morgan fingerprint density at radius 1 is 1.53 bits per heavy atom. The summed E-state index contributed by atoms with van der Waals surface area (Å²) in [6.45, 7) is 3.61. The lowest BCUT2D eigenvalue weighted by molar-refractivity contribution is 0.0768. The van der Waals surface area contributed by atoms with E-state index in [0.717, 1.165) is 36.7 Å². The number of carbonyl (C=O) groups excluding carboxylic acids is 1. The Labute approximate surface area is 93.4 Å². The molecule has 1 saturated heterocycles. The lowest BCUT2D eigenvalue weighted by Gasteiger charge is -2.19. The third-order valence-electron chi connectivity index (χ3n) is 2.57. The zero-order valence-electron chi connectivity index (χ0n) is 8.82. The lowest BCUT2D eigenvalue weighted by Crippen LogP contribution is -2.33. The summed E-state index contributed by atoms with van der Waals surface area (Å²) < 4.78 is 0. The first-order valence-corrected chi connectivity index (χ1v) is 6.31. The molecule has 5 heteroatoms. The standard InChI is InChI=1S/C10H15N3OS/c1-8-9(7-11-12-8)10(14)13-3-2-5-15-6-4-13/h7H,2-6H2,1H3,(H,11,12). The van der Waals surface area contributed by atoms with Gasteiger partial charge in [0, 0.05) is 24.5 Å². The van der Waals surface area contributed by atoms with Crippen LogP contribution in [-0.2, 0) is 0 Å². The molecule has 0 radical (unpaired) electrons. The van der Waals surface area contributed by atoms with Crippen molar-refractivity contribution in [1.29, 1.82) is 0 Å². The smallest absolute Gasteiger partial charge is 0.257 e. The van der Waals surface area contributed by atoms with E-state index in [1.54, 1.807) is 6.20 Å². The van der Waals surface area contributed by atoms with Gasteiger partial charge in [-0.1, -0.05) is 0 Å². The number of nitrogens with one attached hydrogen (secondary N) is 1. The molecule has 1 aromatic rings. The van der Waals surface area contributed by atoms with Gasteiger partial charge in [-0.15, -0.1) is 0 Å². The second kappa shape index (κ2) is 4.70. The molecular weight excluding hydrogens is 210 g/mol. The van der Waals surface area contributed by atoms with Crippen LogP contribution in [0.3, 0.4) is 0 Å². The molecule has 1 fully saturated rings. The van der Waals surface area contributed by atoms with Crippen molar-refractivity contribution < 1.29 is 4.79 Å². The fourth-order valence-electron chi connectivity index (χ4n) is 1.69. The maximum absolute atomic E-state index is 12.1. The number of thioether (sulfide) groups is 1. The number of aromatic nitrogens is 2. The Kier molecular flexibility index (Phi) is 3.30. The van der Waals surface area contributed by atoms with Gasteiger partial charge in [0.15, 0.2) is 0 Å². The average Bonchev–Trinajstić information content (AvgIpc) is 2.53. The summed E-state index contributed by atoms with van der Waals surface area (Å²) in [6.07, 6.45) is 2.71. The molecule has 0 saturated carbocycles. The van der Waals surface area contributed by atoms with Crippen LogP contribution < -0.4 is 0 Å². The van der Waals surface area contributed by atoms with Gasteiger partial charge in [-0.05, 0) is 19.1 Å². The van der Waals surface area contributed by atoms with Crippen LogP contribution >= 0.6 is 11.8 Å². The summed E-state index contributed by atoms with van der Waals surface area (Å²) >= 11 is 1.92. The summed E-state index contributed by atoms with van der Waals surface area (Å²) in [5.41, 5.74) is 1.57. The van der Waals surface area contributed by atoms with Crippen molar-refractivity contribution >= 4 is 17.7 Å². The predicted molar refractivity (Wildman–Crippen MR) is 61.2 cm³/mol. The molecule has 1 amide bonds. The Morgan fingerprint density at radius 2 is 2.40 bits per heavy atom. The highest BCUT2D eigenvalue weighted by Crippen LogP contribution is 2.14. The molecule has 0 unspecified atom stereocenters. The van der Waals surface area contributed by atoms with Crippen LogP contribution in [0, 0.1) is 6.92 Å². The largest absolute Gasteiger partial charge is 0.338 e. The summed E-state index contributed by atoms with van der Waals surface area (Å²) in [6, 6.07) is 0. The Balaban J connectivity index is 2.09. The number of aryl methyl sites for hydroxylation is 1. The number of H-pyrrole nitrogens is 1. The van der Waals surface area contributed by atoms with Gasteiger partial charge in [0.1, 0.15) is 0 Å². The van der Waals surface area contributed by atoms with Gasteiger partial charge in [-0.3, -0.25) is 9.89 Å². The van der Waals surface area contributed by atoms with Gasteiger partial charge >= 0.3 is 0 Å². The van der Waals surface area contributed by atoms with Gasteiger partial charge in [0.2, 0.25) is 0 Å². The zero-order valence-corrected chi connectivity index (χ0v) is 9.64. The van der Waals surface area contributed by atoms with E-state index in [4.69, 9.17) is 0 Å². The van der Waals surface area contributed by atoms with Crippen molar-refractivity contribution in [2.45, 2.75) is 13.3 Å². The summed E-state index contributed by atoms with van der Waals surface area (Å²) in [5, 5.41) is 6.68. The lowest BCUT2D eigenvalue weighted by atomic mass is 10.2. The Morgan fingerprint density at radius 3 is 3.13 bits per heavy atom. The molecule has 1 aliphatic heterocycles. The molecule has 0 bridgehead atoms. The van der Waals surface area contributed by atoms with E-state index in [2.05, 4.69) is 10.2 Å². The molecule has 15 heavy (non-hydrogen) atoms. The van der Waals surface area contributed by atoms with Crippen molar-refractivity contribution in [2.75, 3.05) is 24.6 Å². The van der Waals surface area contributed by atoms with Gasteiger partial charge in [-0.25, -0.2) is 0 Å². The molecular formula is C10H15N3OS. The first kappa shape index (κ1) is 10.5. The quantitative estimate of drug-likeness (QED) is 0.783. The van der Waals surface area contributed by atoms with Crippen LogP contribution in [0.5, 0.6) is 0 Å². The summed E-state index contributed by atoms with van der Waals surface area (Å²) in [7, 11) is 0. The van der Waals surface area contributed by atoms with Crippen LogP contribution in [0.4, 0.5) is 0 Å². The molecule has 2 rings (SSSR count). The molecule has 0 spiro atoms. The second-order valence-electron chi connectivity index (χ2n) is 3.67. The van der Waals surface area contributed by atoms with E-state index in [9.17, 15) is 4.79 Å². The number of rotatable bonds is 1. The van der Waals surface area contributed by atoms with Crippen molar-refractivity contribution in [3.8, 4) is 0 Å². The molecule has 1 aromatic heterocycles. The van der Waals surface area contributed by atoms with Crippen molar-refractivity contribution in [2.24, 2.45) is 0 Å². The molecule has 1 aliphatic rings. The van der Waals surface area contributed by atoms with Gasteiger partial charge in [-0.2, -0.15) is 16.9 Å². The van der Waals surface area contributed by atoms with E-state index in [1.165, 1.54) is 0 Å². The molecule has 0 atom stereocenters. The van der Waals surface area contributed by atoms with Crippen LogP contribution in [0.25, 0.3) is 0 Å². The van der Waals surface area contributed by atoms with E-state index in [0.29, 0.717) is 5.56 Å². The molecule has 0 aromatic carbocycles. The minimum atomic E-state index is 0.115. The van der Waals surface area contributed by atoms with E-state index in [1.807, 2.05) is 23.6 Å². The Bertz CT molecular complexity index is 342. The second-order valence-corrected chi connectivity index (χ2v) is 4.89. The zero-order chi connectivity index (χ0) is 10.7. The van der Waals surface area contributed by atoms with Crippen LogP contribution in [0.15, 0.2) is 6.20 Å². The molecule has 2 heterocycles. The molecule has 4 nitrogen and oxygen atoms in total. The normalized spacial score (nSPS) is 17.5. The van der Waals surface area contributed by atoms with E-state index in [-0.39, 0.29) is 5.91 Å². The minimum absolute atomic E-state index is 0.115. The number of aromatic amines is 1. The van der Waals surface area contributed by atoms with E-state index >= 15 is 0 Å². The molecule has 0 aliphatic carbocycles. The fraction of sp³-hybridized carbons (Fsp3) is 0.600. The highest BCUT2D eigenvalue weighted by Gasteiger charge is 2.19. The van der Waals surface area contributed by atoms with Crippen molar-refractivity contribution in [3.63, 3.8) is 0 Å². The van der Waals surface area contributed by atoms with Gasteiger partial charge in [0.05, 0.1) is 11.8 Å². The number of nitrogens with zero attached hydrogens (tertiary/aromatic N) is 2. The highest BCUT2D eigenvalue weighted by atomic mass is 32.2. The first-order valence-electron chi connectivity index (χ1n) is 5.16. The topological polar surface area (TPSA) is 49.0 Å². The average molecular weight is 225 g/mol. The number of amides is 1. The van der Waals surface area contributed by atoms with Crippen LogP contribution in [-0.4, -0.2) is 45.6 Å². The molecule has 1 N–H and O–H groups in total. The molecule has 82 valence electrons. The number of hydrogen-bond donors (Lipinski definition) is 1. The third-order valence-corrected chi connectivity index (χ3v) is 3.62. The van der Waals surface area contributed by atoms with Crippen LogP contribution in [0.2, 0.25) is 0 Å². The minimum Gasteiger partial charge on any atom is -0.338 e. The third kappa shape index (κ3) is 2.34. The van der Waals surface area contributed by atoms with E-state index < -0.39 is 0 Å². The fourth-order valence-corrected chi connectivity index (χ4v) is 2.57. The SMILES string of the molecule is Cc1[nH]ncc1C(=O)N1CCCSCC1. The van der Waals surface area contributed by atoms with Gasteiger partial charge < -0.3 is 4.90 Å². The maximum Gasteiger partial charge on any atom is 0.257 e.